The molecule has 132 valence electrons. The Labute approximate surface area is 142 Å². The van der Waals surface area contributed by atoms with Gasteiger partial charge in [0, 0.05) is 25.5 Å². The highest BCUT2D eigenvalue weighted by Gasteiger charge is 2.36. The number of methoxy groups -OCH3 is 2. The van der Waals surface area contributed by atoms with Gasteiger partial charge in [-0.05, 0) is 37.5 Å². The molecule has 0 amide bonds. The van der Waals surface area contributed by atoms with Crippen molar-refractivity contribution in [2.24, 2.45) is 0 Å². The lowest BCUT2D eigenvalue weighted by Crippen LogP contribution is -2.14. The molecule has 0 atom stereocenters. The standard InChI is InChI=1S/C17H16F3N3O2/c1-24-16(25-2)15-11-4-3-5-13(11)23(22-15)14-7-6-10(9-21)8-12(14)17(18,19)20/h6-8,16H,3-5H2,1-2H3. The van der Waals surface area contributed by atoms with Crippen molar-refractivity contribution >= 4 is 0 Å². The minimum Gasteiger partial charge on any atom is -0.350 e. The van der Waals surface area contributed by atoms with E-state index in [0.717, 1.165) is 23.7 Å². The smallest absolute Gasteiger partial charge is 0.350 e. The fourth-order valence-corrected chi connectivity index (χ4v) is 3.19. The first-order chi connectivity index (χ1) is 11.9. The van der Waals surface area contributed by atoms with Crippen molar-refractivity contribution < 1.29 is 22.6 Å². The Morgan fingerprint density at radius 3 is 2.56 bits per heavy atom. The lowest BCUT2D eigenvalue weighted by atomic mass is 10.1. The van der Waals surface area contributed by atoms with Crippen LogP contribution in [0.5, 0.6) is 0 Å². The summed E-state index contributed by atoms with van der Waals surface area (Å²) in [6.07, 6.45) is -3.16. The molecule has 0 bridgehead atoms. The van der Waals surface area contributed by atoms with Gasteiger partial charge in [-0.3, -0.25) is 0 Å². The molecule has 5 nitrogen and oxygen atoms in total. The van der Waals surface area contributed by atoms with E-state index in [0.29, 0.717) is 18.5 Å². The highest BCUT2D eigenvalue weighted by atomic mass is 19.4. The number of nitriles is 1. The number of alkyl halides is 3. The fourth-order valence-electron chi connectivity index (χ4n) is 3.19. The summed E-state index contributed by atoms with van der Waals surface area (Å²) in [5.41, 5.74) is 1.06. The van der Waals surface area contributed by atoms with Crippen molar-refractivity contribution in [3.63, 3.8) is 0 Å². The van der Waals surface area contributed by atoms with E-state index < -0.39 is 18.0 Å². The number of fused-ring (bicyclic) bond motifs is 1. The molecule has 1 aliphatic rings. The van der Waals surface area contributed by atoms with E-state index in [4.69, 9.17) is 14.7 Å². The van der Waals surface area contributed by atoms with E-state index in [1.165, 1.54) is 31.0 Å². The highest BCUT2D eigenvalue weighted by molar-refractivity contribution is 5.50. The Hall–Kier alpha value is -2.37. The van der Waals surface area contributed by atoms with Crippen LogP contribution in [0, 0.1) is 11.3 Å². The quantitative estimate of drug-likeness (QED) is 0.791. The van der Waals surface area contributed by atoms with Crippen LogP contribution >= 0.6 is 0 Å². The van der Waals surface area contributed by atoms with Crippen LogP contribution in [0.15, 0.2) is 18.2 Å². The van der Waals surface area contributed by atoms with Gasteiger partial charge >= 0.3 is 6.18 Å². The Balaban J connectivity index is 2.22. The monoisotopic (exact) mass is 351 g/mol. The third-order valence-electron chi connectivity index (χ3n) is 4.27. The van der Waals surface area contributed by atoms with Gasteiger partial charge in [0.1, 0.15) is 5.69 Å². The largest absolute Gasteiger partial charge is 0.418 e. The van der Waals surface area contributed by atoms with Crippen LogP contribution in [-0.2, 0) is 28.5 Å². The minimum absolute atomic E-state index is 0.0493. The predicted octanol–water partition coefficient (Wildman–Crippen LogP) is 3.54. The molecule has 1 heterocycles. The van der Waals surface area contributed by atoms with Crippen LogP contribution in [0.25, 0.3) is 5.69 Å². The summed E-state index contributed by atoms with van der Waals surface area (Å²) in [6.45, 7) is 0. The molecular formula is C17H16F3N3O2. The second-order valence-electron chi connectivity index (χ2n) is 5.72. The number of hydrogen-bond acceptors (Lipinski definition) is 4. The number of aromatic nitrogens is 2. The Morgan fingerprint density at radius 1 is 1.24 bits per heavy atom. The molecule has 1 aromatic carbocycles. The zero-order valence-corrected chi connectivity index (χ0v) is 13.7. The number of nitrogens with zero attached hydrogens (tertiary/aromatic N) is 3. The van der Waals surface area contributed by atoms with E-state index >= 15 is 0 Å². The summed E-state index contributed by atoms with van der Waals surface area (Å²) in [6, 6.07) is 5.23. The van der Waals surface area contributed by atoms with Gasteiger partial charge in [-0.15, -0.1) is 0 Å². The van der Waals surface area contributed by atoms with Gasteiger partial charge in [-0.1, -0.05) is 0 Å². The molecule has 0 unspecified atom stereocenters. The van der Waals surface area contributed by atoms with Crippen molar-refractivity contribution in [1.29, 1.82) is 5.26 Å². The fraction of sp³-hybridized carbons (Fsp3) is 0.412. The molecule has 0 saturated heterocycles. The van der Waals surface area contributed by atoms with E-state index in [1.54, 1.807) is 6.07 Å². The van der Waals surface area contributed by atoms with Gasteiger partial charge < -0.3 is 9.47 Å². The van der Waals surface area contributed by atoms with E-state index in [9.17, 15) is 13.2 Å². The van der Waals surface area contributed by atoms with Gasteiger partial charge in [0.25, 0.3) is 0 Å². The number of ether oxygens (including phenoxy) is 2. The zero-order chi connectivity index (χ0) is 18.2. The SMILES string of the molecule is COC(OC)c1nn(-c2ccc(C#N)cc2C(F)(F)F)c2c1CCC2. The van der Waals surface area contributed by atoms with Crippen molar-refractivity contribution in [2.45, 2.75) is 31.7 Å². The van der Waals surface area contributed by atoms with Crippen LogP contribution in [0.1, 0.15) is 40.8 Å². The molecule has 3 rings (SSSR count). The number of rotatable bonds is 4. The maximum absolute atomic E-state index is 13.5. The molecule has 0 fully saturated rings. The predicted molar refractivity (Wildman–Crippen MR) is 82.1 cm³/mol. The summed E-state index contributed by atoms with van der Waals surface area (Å²) in [5.74, 6) is 0. The topological polar surface area (TPSA) is 60.1 Å². The zero-order valence-electron chi connectivity index (χ0n) is 13.7. The number of benzene rings is 1. The van der Waals surface area contributed by atoms with Crippen LogP contribution in [0.4, 0.5) is 13.2 Å². The van der Waals surface area contributed by atoms with Gasteiger partial charge in [0.15, 0.2) is 0 Å². The highest BCUT2D eigenvalue weighted by Crippen LogP contribution is 2.38. The van der Waals surface area contributed by atoms with Crippen molar-refractivity contribution in [1.82, 2.24) is 9.78 Å². The van der Waals surface area contributed by atoms with Crippen molar-refractivity contribution in [3.8, 4) is 11.8 Å². The first-order valence-corrected chi connectivity index (χ1v) is 7.68. The molecule has 0 spiro atoms. The van der Waals surface area contributed by atoms with Crippen LogP contribution in [0.2, 0.25) is 0 Å². The first kappa shape index (κ1) is 17.5. The van der Waals surface area contributed by atoms with E-state index in [-0.39, 0.29) is 11.3 Å². The lowest BCUT2D eigenvalue weighted by Gasteiger charge is -2.15. The molecule has 2 aromatic rings. The third-order valence-corrected chi connectivity index (χ3v) is 4.27. The molecule has 0 saturated carbocycles. The van der Waals surface area contributed by atoms with Gasteiger partial charge in [0.05, 0.1) is 22.9 Å². The normalized spacial score (nSPS) is 14.0. The van der Waals surface area contributed by atoms with Crippen LogP contribution in [0.3, 0.4) is 0 Å². The summed E-state index contributed by atoms with van der Waals surface area (Å²) in [5, 5.41) is 13.3. The summed E-state index contributed by atoms with van der Waals surface area (Å²) in [7, 11) is 2.91. The number of halogens is 3. The Kier molecular flexibility index (Phi) is 4.54. The van der Waals surface area contributed by atoms with E-state index in [2.05, 4.69) is 5.10 Å². The molecule has 0 N–H and O–H groups in total. The summed E-state index contributed by atoms with van der Waals surface area (Å²) >= 11 is 0. The van der Waals surface area contributed by atoms with E-state index in [1.807, 2.05) is 0 Å². The Morgan fingerprint density at radius 2 is 1.96 bits per heavy atom. The third kappa shape index (κ3) is 3.01. The Bertz CT molecular complexity index is 833. The van der Waals surface area contributed by atoms with Gasteiger partial charge in [0.2, 0.25) is 6.29 Å². The first-order valence-electron chi connectivity index (χ1n) is 7.68. The molecule has 1 aliphatic carbocycles. The average molecular weight is 351 g/mol. The van der Waals surface area contributed by atoms with Crippen LogP contribution < -0.4 is 0 Å². The summed E-state index contributed by atoms with van der Waals surface area (Å²) < 4.78 is 52.3. The van der Waals surface area contributed by atoms with Crippen molar-refractivity contribution in [3.05, 3.63) is 46.3 Å². The number of hydrogen-bond donors (Lipinski definition) is 0. The van der Waals surface area contributed by atoms with Crippen LogP contribution in [-0.4, -0.2) is 24.0 Å². The second-order valence-corrected chi connectivity index (χ2v) is 5.72. The summed E-state index contributed by atoms with van der Waals surface area (Å²) in [4.78, 5) is 0. The van der Waals surface area contributed by atoms with Gasteiger partial charge in [-0.2, -0.15) is 23.5 Å². The van der Waals surface area contributed by atoms with Crippen molar-refractivity contribution in [2.75, 3.05) is 14.2 Å². The average Bonchev–Trinajstić information content (AvgIpc) is 3.18. The molecular weight excluding hydrogens is 335 g/mol. The molecule has 0 radical (unpaired) electrons. The lowest BCUT2D eigenvalue weighted by molar-refractivity contribution is -0.137. The molecule has 8 heteroatoms. The van der Waals surface area contributed by atoms with Gasteiger partial charge in [-0.25, -0.2) is 4.68 Å². The maximum atomic E-state index is 13.5. The maximum Gasteiger partial charge on any atom is 0.418 e. The second kappa shape index (κ2) is 6.50. The minimum atomic E-state index is -4.60. The molecule has 1 aromatic heterocycles. The molecule has 0 aliphatic heterocycles. The molecule has 25 heavy (non-hydrogen) atoms.